The summed E-state index contributed by atoms with van der Waals surface area (Å²) >= 11 is 3.18. The van der Waals surface area contributed by atoms with Crippen LogP contribution in [0.1, 0.15) is 105 Å². The molecule has 0 radical (unpaired) electrons. The highest BCUT2D eigenvalue weighted by Crippen LogP contribution is 2.39. The van der Waals surface area contributed by atoms with Gasteiger partial charge in [0.1, 0.15) is 22.1 Å². The lowest BCUT2D eigenvalue weighted by molar-refractivity contribution is -0.137. The summed E-state index contributed by atoms with van der Waals surface area (Å²) < 4.78 is 0. The zero-order valence-electron chi connectivity index (χ0n) is 35.6. The Bertz CT molecular complexity index is 2420. The fourth-order valence-electron chi connectivity index (χ4n) is 7.87. The Morgan fingerprint density at radius 1 is 0.661 bits per heavy atom. The summed E-state index contributed by atoms with van der Waals surface area (Å²) in [7, 11) is 0. The van der Waals surface area contributed by atoms with Gasteiger partial charge in [-0.1, -0.05) is 130 Å². The number of hydrogen-bond acceptors (Lipinski definition) is 8. The summed E-state index contributed by atoms with van der Waals surface area (Å²) in [6.45, 7) is 7.49. The molecule has 6 aromatic rings. The highest BCUT2D eigenvalue weighted by Gasteiger charge is 2.37. The Morgan fingerprint density at radius 2 is 1.18 bits per heavy atom. The van der Waals surface area contributed by atoms with E-state index in [-0.39, 0.29) is 29.7 Å². The fourth-order valence-corrected chi connectivity index (χ4v) is 9.88. The number of hydrogen-bond donors (Lipinski definition) is 2. The van der Waals surface area contributed by atoms with Gasteiger partial charge in [-0.3, -0.25) is 19.2 Å². The van der Waals surface area contributed by atoms with Crippen LogP contribution < -0.4 is 10.6 Å². The molecule has 0 aliphatic carbocycles. The standard InChI is InChI=1S/C50H54N6O4S2/c1-4-14-43(57)53-46(38-16-9-7-10-17-38)49(59)55(29-6-3)33-45-51-31-41(61-45)36-25-21-34(22-26-36)35-23-27-37(28-24-35)42-32-52-48(62-42)40-20-13-30-56(40)50(60)47(54-44(58)15-5-2)39-18-11-8-12-19-39/h7-12,16-19,21-28,31-32,40,46-47H,4-6,13-15,20,29-30,33H2,1-3H3,(H,53,57)(H,54,58). The zero-order chi connectivity index (χ0) is 43.4. The average Bonchev–Trinajstić information content (AvgIpc) is 4.10. The quantitative estimate of drug-likeness (QED) is 0.0887. The second-order valence-corrected chi connectivity index (χ2v) is 17.8. The number of nitrogens with zero attached hydrogens (tertiary/aromatic N) is 4. The number of nitrogens with one attached hydrogen (secondary N) is 2. The van der Waals surface area contributed by atoms with Gasteiger partial charge in [-0.05, 0) is 65.5 Å². The van der Waals surface area contributed by atoms with E-state index in [4.69, 9.17) is 9.97 Å². The highest BCUT2D eigenvalue weighted by atomic mass is 32.1. The summed E-state index contributed by atoms with van der Waals surface area (Å²) in [5.41, 5.74) is 5.83. The van der Waals surface area contributed by atoms with Crippen molar-refractivity contribution in [1.82, 2.24) is 30.4 Å². The van der Waals surface area contributed by atoms with Gasteiger partial charge in [-0.15, -0.1) is 22.7 Å². The lowest BCUT2D eigenvalue weighted by Gasteiger charge is -2.28. The van der Waals surface area contributed by atoms with Gasteiger partial charge in [0.05, 0.1) is 22.3 Å². The molecule has 62 heavy (non-hydrogen) atoms. The van der Waals surface area contributed by atoms with Crippen LogP contribution in [0.2, 0.25) is 0 Å². The van der Waals surface area contributed by atoms with Gasteiger partial charge >= 0.3 is 0 Å². The molecule has 4 aromatic carbocycles. The van der Waals surface area contributed by atoms with Crippen LogP contribution >= 0.6 is 22.7 Å². The van der Waals surface area contributed by atoms with Crippen molar-refractivity contribution in [1.29, 1.82) is 0 Å². The Balaban J connectivity index is 1.00. The van der Waals surface area contributed by atoms with Crippen molar-refractivity contribution in [2.24, 2.45) is 0 Å². The maximum absolute atomic E-state index is 14.1. The minimum absolute atomic E-state index is 0.0979. The van der Waals surface area contributed by atoms with Crippen LogP contribution in [0.3, 0.4) is 0 Å². The number of thiazole rings is 2. The lowest BCUT2D eigenvalue weighted by atomic mass is 10.0. The van der Waals surface area contributed by atoms with E-state index < -0.39 is 12.1 Å². The molecule has 2 aromatic heterocycles. The van der Waals surface area contributed by atoms with Crippen LogP contribution in [0.25, 0.3) is 32.0 Å². The molecule has 1 fully saturated rings. The number of carbonyl (C=O) groups is 4. The monoisotopic (exact) mass is 866 g/mol. The lowest BCUT2D eigenvalue weighted by Crippen LogP contribution is -2.43. The smallest absolute Gasteiger partial charge is 0.250 e. The van der Waals surface area contributed by atoms with Gasteiger partial charge in [0.15, 0.2) is 0 Å². The van der Waals surface area contributed by atoms with E-state index in [0.717, 1.165) is 72.4 Å². The largest absolute Gasteiger partial charge is 0.341 e. The molecule has 12 heteroatoms. The van der Waals surface area contributed by atoms with E-state index in [9.17, 15) is 19.2 Å². The van der Waals surface area contributed by atoms with Gasteiger partial charge in [-0.2, -0.15) is 0 Å². The number of likely N-dealkylation sites (tertiary alicyclic amines) is 1. The van der Waals surface area contributed by atoms with Crippen molar-refractivity contribution in [2.45, 2.75) is 90.4 Å². The van der Waals surface area contributed by atoms with Crippen molar-refractivity contribution in [3.05, 3.63) is 143 Å². The normalized spacial score (nSPS) is 14.6. The Hall–Kier alpha value is -5.98. The number of benzene rings is 4. The Kier molecular flexibility index (Phi) is 15.1. The molecule has 1 saturated heterocycles. The van der Waals surface area contributed by atoms with E-state index in [1.807, 2.05) is 98.7 Å². The molecule has 10 nitrogen and oxygen atoms in total. The summed E-state index contributed by atoms with van der Waals surface area (Å²) in [5.74, 6) is -0.497. The molecular formula is C50H54N6O4S2. The highest BCUT2D eigenvalue weighted by molar-refractivity contribution is 7.15. The van der Waals surface area contributed by atoms with E-state index in [1.165, 1.54) is 0 Å². The van der Waals surface area contributed by atoms with Gasteiger partial charge in [0.2, 0.25) is 23.6 Å². The maximum atomic E-state index is 14.1. The van der Waals surface area contributed by atoms with Crippen molar-refractivity contribution in [3.8, 4) is 32.0 Å². The van der Waals surface area contributed by atoms with Crippen molar-refractivity contribution in [3.63, 3.8) is 0 Å². The summed E-state index contributed by atoms with van der Waals surface area (Å²) in [6, 6.07) is 34.2. The molecule has 0 spiro atoms. The van der Waals surface area contributed by atoms with Gasteiger partial charge in [0, 0.05) is 38.3 Å². The van der Waals surface area contributed by atoms with Crippen molar-refractivity contribution < 1.29 is 19.2 Å². The van der Waals surface area contributed by atoms with Crippen LogP contribution in [0.15, 0.2) is 122 Å². The second-order valence-electron chi connectivity index (χ2n) is 15.6. The first kappa shape index (κ1) is 44.1. The molecule has 3 atom stereocenters. The molecule has 3 unspecified atom stereocenters. The third-order valence-corrected chi connectivity index (χ3v) is 13.2. The van der Waals surface area contributed by atoms with E-state index in [1.54, 1.807) is 27.6 Å². The SMILES string of the molecule is CCCC(=O)NC(C(=O)N(CCC)Cc1ncc(-c2ccc(-c3ccc(-c4cnc(C5CCCN5C(=O)C(NC(=O)CCC)c5ccccc5)s4)cc3)cc2)s1)c1ccccc1. The van der Waals surface area contributed by atoms with Crippen molar-refractivity contribution in [2.75, 3.05) is 13.1 Å². The molecular weight excluding hydrogens is 813 g/mol. The summed E-state index contributed by atoms with van der Waals surface area (Å²) in [6.07, 6.45) is 8.41. The molecule has 1 aliphatic heterocycles. The van der Waals surface area contributed by atoms with E-state index in [2.05, 4.69) is 59.2 Å². The van der Waals surface area contributed by atoms with Gasteiger partial charge in [0.25, 0.3) is 0 Å². The predicted molar refractivity (Wildman–Crippen MR) is 248 cm³/mol. The maximum Gasteiger partial charge on any atom is 0.250 e. The molecule has 4 amide bonds. The van der Waals surface area contributed by atoms with Gasteiger partial charge < -0.3 is 20.4 Å². The third-order valence-electron chi connectivity index (χ3n) is 11.0. The Labute approximate surface area is 372 Å². The minimum atomic E-state index is -0.756. The first-order valence-electron chi connectivity index (χ1n) is 21.7. The third kappa shape index (κ3) is 10.7. The average molecular weight is 867 g/mol. The molecule has 3 heterocycles. The molecule has 7 rings (SSSR count). The molecule has 0 bridgehead atoms. The number of aromatic nitrogens is 2. The van der Waals surface area contributed by atoms with Gasteiger partial charge in [-0.25, -0.2) is 9.97 Å². The molecule has 1 aliphatic rings. The first-order valence-corrected chi connectivity index (χ1v) is 23.3. The topological polar surface area (TPSA) is 125 Å². The molecule has 0 saturated carbocycles. The number of rotatable bonds is 18. The van der Waals surface area contributed by atoms with Crippen LogP contribution in [0.5, 0.6) is 0 Å². The number of carbonyl (C=O) groups excluding carboxylic acids is 4. The molecule has 2 N–H and O–H groups in total. The number of amides is 4. The van der Waals surface area contributed by atoms with Crippen LogP contribution in [0.4, 0.5) is 0 Å². The minimum Gasteiger partial charge on any atom is -0.341 e. The second kappa shape index (κ2) is 21.2. The van der Waals surface area contributed by atoms with Crippen LogP contribution in [-0.2, 0) is 25.7 Å². The summed E-state index contributed by atoms with van der Waals surface area (Å²) in [4.78, 5) is 68.7. The van der Waals surface area contributed by atoms with Crippen molar-refractivity contribution >= 4 is 46.3 Å². The molecule has 320 valence electrons. The predicted octanol–water partition coefficient (Wildman–Crippen LogP) is 10.3. The fraction of sp³-hybridized carbons (Fsp3) is 0.320. The summed E-state index contributed by atoms with van der Waals surface area (Å²) in [5, 5.41) is 7.72. The first-order chi connectivity index (χ1) is 30.3. The van der Waals surface area contributed by atoms with Crippen LogP contribution in [0, 0.1) is 0 Å². The van der Waals surface area contributed by atoms with E-state index >= 15 is 0 Å². The van der Waals surface area contributed by atoms with E-state index in [0.29, 0.717) is 45.3 Å². The Morgan fingerprint density at radius 3 is 1.74 bits per heavy atom. The van der Waals surface area contributed by atoms with Crippen LogP contribution in [-0.4, -0.2) is 56.5 Å². The zero-order valence-corrected chi connectivity index (χ0v) is 37.2.